The zero-order valence-electron chi connectivity index (χ0n) is 17.4. The predicted molar refractivity (Wildman–Crippen MR) is 111 cm³/mol. The molecule has 1 aromatic heterocycles. The molecular weight excluding hydrogens is 394 g/mol. The number of thiazole rings is 1. The summed E-state index contributed by atoms with van der Waals surface area (Å²) in [4.78, 5) is 41.7. The lowest BCUT2D eigenvalue weighted by molar-refractivity contribution is -0.152. The van der Waals surface area contributed by atoms with Gasteiger partial charge in [0.15, 0.2) is 6.61 Å². The van der Waals surface area contributed by atoms with Crippen LogP contribution in [0.25, 0.3) is 10.2 Å². The number of carbonyl (C=O) groups is 3. The van der Waals surface area contributed by atoms with Gasteiger partial charge in [-0.1, -0.05) is 12.1 Å². The number of benzene rings is 1. The minimum atomic E-state index is -0.610. The number of carbonyl (C=O) groups excluding carboxylic acids is 3. The Kier molecular flexibility index (Phi) is 7.55. The minimum Gasteiger partial charge on any atom is -0.456 e. The van der Waals surface area contributed by atoms with Gasteiger partial charge >= 0.3 is 12.1 Å². The van der Waals surface area contributed by atoms with Crippen LogP contribution in [0.2, 0.25) is 0 Å². The van der Waals surface area contributed by atoms with Crippen molar-refractivity contribution in [2.45, 2.75) is 45.8 Å². The van der Waals surface area contributed by atoms with Gasteiger partial charge in [-0.3, -0.25) is 9.59 Å². The molecule has 0 unspecified atom stereocenters. The molecule has 1 aromatic carbocycles. The first-order chi connectivity index (χ1) is 13.6. The Morgan fingerprint density at radius 3 is 2.59 bits per heavy atom. The summed E-state index contributed by atoms with van der Waals surface area (Å²) in [6, 6.07) is 7.53. The van der Waals surface area contributed by atoms with Crippen LogP contribution in [0.3, 0.4) is 0 Å². The maximum atomic E-state index is 12.4. The molecule has 0 saturated heterocycles. The Balaban J connectivity index is 1.76. The number of nitrogens with zero attached hydrogens (tertiary/aromatic N) is 2. The lowest BCUT2D eigenvalue weighted by Crippen LogP contribution is -2.35. The van der Waals surface area contributed by atoms with Gasteiger partial charge in [0, 0.05) is 13.6 Å². The summed E-state index contributed by atoms with van der Waals surface area (Å²) in [7, 11) is 1.65. The van der Waals surface area contributed by atoms with Crippen molar-refractivity contribution in [2.75, 3.05) is 20.2 Å². The van der Waals surface area contributed by atoms with Gasteiger partial charge in [-0.05, 0) is 39.8 Å². The lowest BCUT2D eigenvalue weighted by atomic mass is 10.2. The first kappa shape index (κ1) is 22.6. The van der Waals surface area contributed by atoms with Gasteiger partial charge in [0.1, 0.15) is 10.6 Å². The second kappa shape index (κ2) is 9.69. The molecule has 1 heterocycles. The number of para-hydroxylation sites is 1. The highest BCUT2D eigenvalue weighted by Gasteiger charge is 2.22. The summed E-state index contributed by atoms with van der Waals surface area (Å²) < 4.78 is 11.1. The molecule has 0 aliphatic heterocycles. The molecule has 9 heteroatoms. The molecule has 2 aromatic rings. The predicted octanol–water partition coefficient (Wildman–Crippen LogP) is 3.27. The average Bonchev–Trinajstić information content (AvgIpc) is 3.07. The van der Waals surface area contributed by atoms with Crippen LogP contribution in [0.5, 0.6) is 0 Å². The average molecular weight is 422 g/mol. The SMILES string of the molecule is C[C@H](c1nc2ccccc2s1)N(C)C(=O)COC(=O)CCNC(=O)OC(C)(C)C. The molecule has 2 amide bonds. The number of hydrogen-bond acceptors (Lipinski definition) is 7. The third-order valence-electron chi connectivity index (χ3n) is 4.00. The highest BCUT2D eigenvalue weighted by molar-refractivity contribution is 7.18. The maximum Gasteiger partial charge on any atom is 0.407 e. The number of fused-ring (bicyclic) bond motifs is 1. The molecule has 29 heavy (non-hydrogen) atoms. The normalized spacial score (nSPS) is 12.3. The fraction of sp³-hybridized carbons (Fsp3) is 0.500. The molecule has 0 bridgehead atoms. The summed E-state index contributed by atoms with van der Waals surface area (Å²) in [5.41, 5.74) is 0.283. The molecule has 8 nitrogen and oxygen atoms in total. The summed E-state index contributed by atoms with van der Waals surface area (Å²) >= 11 is 1.53. The number of rotatable bonds is 7. The lowest BCUT2D eigenvalue weighted by Gasteiger charge is -2.23. The highest BCUT2D eigenvalue weighted by atomic mass is 32.1. The molecule has 1 atom stereocenters. The van der Waals surface area contributed by atoms with Gasteiger partial charge in [0.2, 0.25) is 0 Å². The smallest absolute Gasteiger partial charge is 0.407 e. The molecule has 1 N–H and O–H groups in total. The Hall–Kier alpha value is -2.68. The van der Waals surface area contributed by atoms with Crippen molar-refractivity contribution in [3.63, 3.8) is 0 Å². The van der Waals surface area contributed by atoms with Crippen molar-refractivity contribution in [3.8, 4) is 0 Å². The van der Waals surface area contributed by atoms with Crippen molar-refractivity contribution in [1.29, 1.82) is 0 Å². The van der Waals surface area contributed by atoms with E-state index in [1.165, 1.54) is 16.2 Å². The van der Waals surface area contributed by atoms with Crippen LogP contribution in [0.1, 0.15) is 45.2 Å². The first-order valence-electron chi connectivity index (χ1n) is 9.30. The van der Waals surface area contributed by atoms with Crippen LogP contribution >= 0.6 is 11.3 Å². The quantitative estimate of drug-likeness (QED) is 0.689. The molecule has 0 spiro atoms. The van der Waals surface area contributed by atoms with E-state index >= 15 is 0 Å². The fourth-order valence-electron chi connectivity index (χ4n) is 2.35. The topological polar surface area (TPSA) is 97.8 Å². The fourth-order valence-corrected chi connectivity index (χ4v) is 3.41. The Morgan fingerprint density at radius 1 is 1.24 bits per heavy atom. The third kappa shape index (κ3) is 7.01. The van der Waals surface area contributed by atoms with Crippen LogP contribution in [0.15, 0.2) is 24.3 Å². The highest BCUT2D eigenvalue weighted by Crippen LogP contribution is 2.28. The Labute approximate surface area is 174 Å². The minimum absolute atomic E-state index is 0.0519. The molecule has 158 valence electrons. The van der Waals surface area contributed by atoms with Gasteiger partial charge < -0.3 is 19.7 Å². The number of alkyl carbamates (subject to hydrolysis) is 1. The van der Waals surface area contributed by atoms with Gasteiger partial charge in [-0.2, -0.15) is 0 Å². The van der Waals surface area contributed by atoms with E-state index in [0.717, 1.165) is 15.2 Å². The molecule has 0 fully saturated rings. The van der Waals surface area contributed by atoms with Crippen LogP contribution in [-0.2, 0) is 19.1 Å². The van der Waals surface area contributed by atoms with E-state index in [0.29, 0.717) is 0 Å². The number of aromatic nitrogens is 1. The van der Waals surface area contributed by atoms with Crippen molar-refractivity contribution >= 4 is 39.5 Å². The number of esters is 1. The van der Waals surface area contributed by atoms with E-state index in [1.807, 2.05) is 31.2 Å². The number of nitrogens with one attached hydrogen (secondary N) is 1. The van der Waals surface area contributed by atoms with Crippen molar-refractivity contribution in [1.82, 2.24) is 15.2 Å². The van der Waals surface area contributed by atoms with Crippen molar-refractivity contribution < 1.29 is 23.9 Å². The van der Waals surface area contributed by atoms with Crippen LogP contribution in [0, 0.1) is 0 Å². The number of ether oxygens (including phenoxy) is 2. The van der Waals surface area contributed by atoms with Crippen LogP contribution < -0.4 is 5.32 Å². The second-order valence-electron chi connectivity index (χ2n) is 7.54. The van der Waals surface area contributed by atoms with Crippen molar-refractivity contribution in [2.24, 2.45) is 0 Å². The Bertz CT molecular complexity index is 841. The van der Waals surface area contributed by atoms with Gasteiger partial charge in [-0.25, -0.2) is 9.78 Å². The molecule has 0 radical (unpaired) electrons. The van der Waals surface area contributed by atoms with E-state index in [1.54, 1.807) is 27.8 Å². The third-order valence-corrected chi connectivity index (χ3v) is 5.20. The van der Waals surface area contributed by atoms with Gasteiger partial charge in [0.05, 0.1) is 22.7 Å². The molecule has 0 aliphatic rings. The zero-order chi connectivity index (χ0) is 21.6. The number of amides is 2. The summed E-state index contributed by atoms with van der Waals surface area (Å²) in [6.07, 6.45) is -0.658. The van der Waals surface area contributed by atoms with E-state index < -0.39 is 17.7 Å². The van der Waals surface area contributed by atoms with E-state index in [-0.39, 0.29) is 31.5 Å². The monoisotopic (exact) mass is 421 g/mol. The van der Waals surface area contributed by atoms with Gasteiger partial charge in [0.25, 0.3) is 5.91 Å². The van der Waals surface area contributed by atoms with Crippen LogP contribution in [0.4, 0.5) is 4.79 Å². The first-order valence-corrected chi connectivity index (χ1v) is 10.1. The van der Waals surface area contributed by atoms with Crippen molar-refractivity contribution in [3.05, 3.63) is 29.3 Å². The number of hydrogen-bond donors (Lipinski definition) is 1. The summed E-state index contributed by atoms with van der Waals surface area (Å²) in [5, 5.41) is 3.28. The van der Waals surface area contributed by atoms with E-state index in [9.17, 15) is 14.4 Å². The standard InChI is InChI=1S/C20H27N3O5S/c1-13(18-22-14-8-6-7-9-15(14)29-18)23(5)16(24)12-27-17(25)10-11-21-19(26)28-20(2,3)4/h6-9,13H,10-12H2,1-5H3,(H,21,26)/t13-/m1/s1. The molecular formula is C20H27N3O5S. The number of likely N-dealkylation sites (N-methyl/N-ethyl adjacent to an activating group) is 1. The molecule has 0 aliphatic carbocycles. The maximum absolute atomic E-state index is 12.4. The largest absolute Gasteiger partial charge is 0.456 e. The van der Waals surface area contributed by atoms with E-state index in [4.69, 9.17) is 9.47 Å². The molecule has 0 saturated carbocycles. The zero-order valence-corrected chi connectivity index (χ0v) is 18.2. The second-order valence-corrected chi connectivity index (χ2v) is 8.60. The Morgan fingerprint density at radius 2 is 1.93 bits per heavy atom. The van der Waals surface area contributed by atoms with Crippen LogP contribution in [-0.4, -0.2) is 53.7 Å². The van der Waals surface area contributed by atoms with E-state index in [2.05, 4.69) is 10.3 Å². The summed E-state index contributed by atoms with van der Waals surface area (Å²) in [6.45, 7) is 6.83. The van der Waals surface area contributed by atoms with Gasteiger partial charge in [-0.15, -0.1) is 11.3 Å². The molecule has 2 rings (SSSR count). The summed E-state index contributed by atoms with van der Waals surface area (Å²) in [5.74, 6) is -0.902.